The molecule has 0 bridgehead atoms. The molecule has 9 heteroatoms. The van der Waals surface area contributed by atoms with Gasteiger partial charge in [-0.15, -0.1) is 0 Å². The first-order chi connectivity index (χ1) is 14.4. The maximum atomic E-state index is 12.8. The first-order valence-electron chi connectivity index (χ1n) is 9.45. The normalized spacial score (nSPS) is 14.7. The number of carbonyl (C=O) groups is 1. The number of carbonyl (C=O) groups excluding carboxylic acids is 1. The van der Waals surface area contributed by atoms with E-state index in [9.17, 15) is 13.2 Å². The van der Waals surface area contributed by atoms with Gasteiger partial charge in [0.1, 0.15) is 17.3 Å². The quantitative estimate of drug-likeness (QED) is 0.599. The molecule has 156 valence electrons. The Morgan fingerprint density at radius 3 is 2.40 bits per heavy atom. The molecule has 0 saturated carbocycles. The number of piperazine rings is 1. The monoisotopic (exact) mass is 445 g/mol. The van der Waals surface area contributed by atoms with E-state index in [-0.39, 0.29) is 28.1 Å². The lowest BCUT2D eigenvalue weighted by molar-refractivity contribution is 0.0713. The van der Waals surface area contributed by atoms with Gasteiger partial charge in [0.25, 0.3) is 5.91 Å². The summed E-state index contributed by atoms with van der Waals surface area (Å²) in [4.78, 5) is 21.1. The van der Waals surface area contributed by atoms with Gasteiger partial charge < -0.3 is 14.2 Å². The van der Waals surface area contributed by atoms with Gasteiger partial charge in [-0.1, -0.05) is 29.8 Å². The van der Waals surface area contributed by atoms with Gasteiger partial charge in [0.2, 0.25) is 0 Å². The molecule has 1 aliphatic heterocycles. The number of aromatic nitrogens is 1. The highest BCUT2D eigenvalue weighted by atomic mass is 35.5. The summed E-state index contributed by atoms with van der Waals surface area (Å²) in [5.41, 5.74) is 0. The fraction of sp³-hybridized carbons (Fsp3) is 0.238. The molecule has 0 aliphatic carbocycles. The molecule has 7 nitrogen and oxygen atoms in total. The van der Waals surface area contributed by atoms with E-state index >= 15 is 0 Å². The minimum absolute atomic E-state index is 0.145. The van der Waals surface area contributed by atoms with E-state index in [2.05, 4.69) is 9.88 Å². The minimum Gasteiger partial charge on any atom is -0.455 e. The van der Waals surface area contributed by atoms with Crippen LogP contribution in [0.3, 0.4) is 0 Å². The van der Waals surface area contributed by atoms with Gasteiger partial charge in [0.05, 0.1) is 9.92 Å². The number of rotatable bonds is 5. The number of halogens is 1. The molecule has 1 saturated heterocycles. The molecule has 3 aromatic rings. The van der Waals surface area contributed by atoms with Gasteiger partial charge in [-0.05, 0) is 36.4 Å². The fourth-order valence-corrected chi connectivity index (χ4v) is 4.70. The second-order valence-electron chi connectivity index (χ2n) is 6.95. The predicted molar refractivity (Wildman–Crippen MR) is 113 cm³/mol. The topological polar surface area (TPSA) is 83.7 Å². The molecule has 2 aromatic heterocycles. The third-order valence-electron chi connectivity index (χ3n) is 4.91. The lowest BCUT2D eigenvalue weighted by Crippen LogP contribution is -2.49. The molecule has 1 aliphatic rings. The zero-order valence-electron chi connectivity index (χ0n) is 16.1. The number of nitrogens with zero attached hydrogens (tertiary/aromatic N) is 3. The average Bonchev–Trinajstić information content (AvgIpc) is 3.22. The number of pyridine rings is 1. The van der Waals surface area contributed by atoms with Gasteiger partial charge in [0, 0.05) is 32.4 Å². The Labute approximate surface area is 179 Å². The van der Waals surface area contributed by atoms with Crippen LogP contribution in [-0.2, 0) is 15.6 Å². The van der Waals surface area contributed by atoms with Gasteiger partial charge in [0.15, 0.2) is 15.6 Å². The summed E-state index contributed by atoms with van der Waals surface area (Å²) < 4.78 is 30.6. The van der Waals surface area contributed by atoms with Crippen molar-refractivity contribution < 1.29 is 17.6 Å². The van der Waals surface area contributed by atoms with E-state index in [0.29, 0.717) is 31.2 Å². The Bertz CT molecular complexity index is 1120. The van der Waals surface area contributed by atoms with Crippen LogP contribution < -0.4 is 4.90 Å². The fourth-order valence-electron chi connectivity index (χ4n) is 3.32. The summed E-state index contributed by atoms with van der Waals surface area (Å²) in [5.74, 6) is 0.665. The molecule has 1 aromatic carbocycles. The van der Waals surface area contributed by atoms with Crippen molar-refractivity contribution in [2.24, 2.45) is 0 Å². The summed E-state index contributed by atoms with van der Waals surface area (Å²) in [6.45, 7) is 2.30. The predicted octanol–water partition coefficient (Wildman–Crippen LogP) is 3.26. The Hall–Kier alpha value is -2.84. The number of benzene rings is 1. The lowest BCUT2D eigenvalue weighted by atomic mass is 10.2. The molecule has 0 radical (unpaired) electrons. The molecule has 0 N–H and O–H groups in total. The number of hydrogen-bond acceptors (Lipinski definition) is 6. The molecule has 1 amide bonds. The van der Waals surface area contributed by atoms with Crippen LogP contribution in [0.1, 0.15) is 16.3 Å². The van der Waals surface area contributed by atoms with Crippen LogP contribution in [0.2, 0.25) is 5.02 Å². The Morgan fingerprint density at radius 1 is 1.00 bits per heavy atom. The number of furan rings is 1. The van der Waals surface area contributed by atoms with E-state index in [4.69, 9.17) is 16.0 Å². The molecule has 0 unspecified atom stereocenters. The Kier molecular flexibility index (Phi) is 5.78. The van der Waals surface area contributed by atoms with Crippen LogP contribution in [-0.4, -0.2) is 50.4 Å². The molecule has 1 fully saturated rings. The molecule has 0 spiro atoms. The second kappa shape index (κ2) is 8.49. The van der Waals surface area contributed by atoms with Gasteiger partial charge >= 0.3 is 0 Å². The summed E-state index contributed by atoms with van der Waals surface area (Å²) >= 11 is 5.88. The van der Waals surface area contributed by atoms with Crippen molar-refractivity contribution >= 4 is 33.2 Å². The zero-order valence-corrected chi connectivity index (χ0v) is 17.6. The largest absolute Gasteiger partial charge is 0.455 e. The number of amides is 1. The summed E-state index contributed by atoms with van der Waals surface area (Å²) in [6.07, 6.45) is 1.60. The highest BCUT2D eigenvalue weighted by Gasteiger charge is 2.26. The van der Waals surface area contributed by atoms with Gasteiger partial charge in [-0.3, -0.25) is 4.79 Å². The van der Waals surface area contributed by atoms with Crippen molar-refractivity contribution in [3.05, 3.63) is 77.3 Å². The minimum atomic E-state index is -3.53. The molecule has 30 heavy (non-hydrogen) atoms. The van der Waals surface area contributed by atoms with Crippen molar-refractivity contribution in [3.63, 3.8) is 0 Å². The first-order valence-corrected chi connectivity index (χ1v) is 11.5. The highest BCUT2D eigenvalue weighted by Crippen LogP contribution is 2.20. The summed E-state index contributed by atoms with van der Waals surface area (Å²) in [7, 11) is -3.53. The van der Waals surface area contributed by atoms with E-state index in [1.165, 1.54) is 6.07 Å². The van der Waals surface area contributed by atoms with Crippen LogP contribution in [0, 0.1) is 0 Å². The van der Waals surface area contributed by atoms with E-state index in [0.717, 1.165) is 5.82 Å². The van der Waals surface area contributed by atoms with Crippen molar-refractivity contribution in [1.29, 1.82) is 0 Å². The SMILES string of the molecule is O=C(c1ccc(CS(=O)(=O)c2ccccc2)o1)N1CCN(c2ccc(Cl)cn2)CC1. The highest BCUT2D eigenvalue weighted by molar-refractivity contribution is 7.90. The maximum Gasteiger partial charge on any atom is 0.289 e. The van der Waals surface area contributed by atoms with E-state index in [1.807, 2.05) is 6.07 Å². The van der Waals surface area contributed by atoms with E-state index in [1.54, 1.807) is 53.6 Å². The summed E-state index contributed by atoms with van der Waals surface area (Å²) in [6, 6.07) is 14.9. The van der Waals surface area contributed by atoms with E-state index < -0.39 is 9.84 Å². The van der Waals surface area contributed by atoms with Crippen LogP contribution >= 0.6 is 11.6 Å². The zero-order chi connectivity index (χ0) is 21.1. The molecular formula is C21H20ClN3O4S. The van der Waals surface area contributed by atoms with Crippen LogP contribution in [0.15, 0.2) is 70.1 Å². The smallest absolute Gasteiger partial charge is 0.289 e. The lowest BCUT2D eigenvalue weighted by Gasteiger charge is -2.35. The summed E-state index contributed by atoms with van der Waals surface area (Å²) in [5, 5.41) is 0.579. The Balaban J connectivity index is 1.38. The second-order valence-corrected chi connectivity index (χ2v) is 9.38. The van der Waals surface area contributed by atoms with Crippen LogP contribution in [0.25, 0.3) is 0 Å². The number of anilines is 1. The van der Waals surface area contributed by atoms with Gasteiger partial charge in [-0.25, -0.2) is 13.4 Å². The van der Waals surface area contributed by atoms with Crippen LogP contribution in [0.5, 0.6) is 0 Å². The number of sulfone groups is 1. The van der Waals surface area contributed by atoms with Crippen molar-refractivity contribution in [2.45, 2.75) is 10.6 Å². The third-order valence-corrected chi connectivity index (χ3v) is 6.79. The van der Waals surface area contributed by atoms with Crippen molar-refractivity contribution in [3.8, 4) is 0 Å². The first kappa shape index (κ1) is 20.4. The van der Waals surface area contributed by atoms with Crippen molar-refractivity contribution in [2.75, 3.05) is 31.1 Å². The molecule has 3 heterocycles. The molecule has 4 rings (SSSR count). The molecule has 0 atom stereocenters. The standard InChI is InChI=1S/C21H20ClN3O4S/c22-16-6-9-20(23-14-16)24-10-12-25(13-11-24)21(26)19-8-7-17(29-19)15-30(27,28)18-4-2-1-3-5-18/h1-9,14H,10-13,15H2. The third kappa shape index (κ3) is 4.49. The maximum absolute atomic E-state index is 12.8. The van der Waals surface area contributed by atoms with Crippen LogP contribution in [0.4, 0.5) is 5.82 Å². The Morgan fingerprint density at radius 2 is 1.73 bits per heavy atom. The van der Waals surface area contributed by atoms with Crippen molar-refractivity contribution in [1.82, 2.24) is 9.88 Å². The average molecular weight is 446 g/mol. The molecular weight excluding hydrogens is 426 g/mol. The van der Waals surface area contributed by atoms with Gasteiger partial charge in [-0.2, -0.15) is 0 Å². The number of hydrogen-bond donors (Lipinski definition) is 0.